The highest BCUT2D eigenvalue weighted by atomic mass is 16.6. The average molecular weight is 450 g/mol. The van der Waals surface area contributed by atoms with Gasteiger partial charge in [0.1, 0.15) is 23.4 Å². The van der Waals surface area contributed by atoms with Crippen LogP contribution < -0.4 is 0 Å². The summed E-state index contributed by atoms with van der Waals surface area (Å²) in [5.41, 5.74) is 1.06. The number of amides is 1. The van der Waals surface area contributed by atoms with Gasteiger partial charge in [-0.3, -0.25) is 0 Å². The first-order valence-corrected chi connectivity index (χ1v) is 12.3. The quantitative estimate of drug-likeness (QED) is 0.471. The average Bonchev–Trinajstić information content (AvgIpc) is 3.64. The second kappa shape index (κ2) is 8.26. The number of methoxy groups -OCH3 is 1. The van der Waals surface area contributed by atoms with Crippen molar-refractivity contribution < 1.29 is 28.5 Å². The Morgan fingerprint density at radius 2 is 1.91 bits per heavy atom. The predicted octanol–water partition coefficient (Wildman–Crippen LogP) is 3.70. The molecule has 4 heterocycles. The van der Waals surface area contributed by atoms with Crippen molar-refractivity contribution in [2.45, 2.75) is 88.8 Å². The summed E-state index contributed by atoms with van der Waals surface area (Å²) in [6.45, 7) is 10.3. The molecule has 7 nitrogen and oxygen atoms in total. The number of allylic oxidation sites excluding steroid dienone is 1. The molecule has 5 fully saturated rings. The van der Waals surface area contributed by atoms with Crippen LogP contribution in [-0.2, 0) is 23.7 Å². The van der Waals surface area contributed by atoms with E-state index in [4.69, 9.17) is 23.7 Å². The van der Waals surface area contributed by atoms with Crippen LogP contribution in [-0.4, -0.2) is 80.5 Å². The largest absolute Gasteiger partial charge is 0.443 e. The highest BCUT2D eigenvalue weighted by molar-refractivity contribution is 5.68. The molecule has 32 heavy (non-hydrogen) atoms. The van der Waals surface area contributed by atoms with E-state index in [1.165, 1.54) is 5.57 Å². The second-order valence-electron chi connectivity index (χ2n) is 11.1. The van der Waals surface area contributed by atoms with Gasteiger partial charge in [-0.05, 0) is 64.7 Å². The second-order valence-corrected chi connectivity index (χ2v) is 11.1. The Balaban J connectivity index is 1.24. The Morgan fingerprint density at radius 1 is 1.16 bits per heavy atom. The fourth-order valence-corrected chi connectivity index (χ4v) is 6.48. The fourth-order valence-electron chi connectivity index (χ4n) is 6.48. The maximum atomic E-state index is 13.1. The summed E-state index contributed by atoms with van der Waals surface area (Å²) in [4.78, 5) is 14.9. The number of epoxide rings is 2. The fraction of sp³-hybridized carbons (Fsp3) is 0.880. The van der Waals surface area contributed by atoms with Gasteiger partial charge < -0.3 is 28.6 Å². The number of piperidine rings is 1. The summed E-state index contributed by atoms with van der Waals surface area (Å²) in [5.74, 6) is 0.0578. The lowest BCUT2D eigenvalue weighted by Crippen LogP contribution is -2.56. The van der Waals surface area contributed by atoms with Crippen molar-refractivity contribution in [1.29, 1.82) is 0 Å². The van der Waals surface area contributed by atoms with Crippen LogP contribution in [0.2, 0.25) is 0 Å². The highest BCUT2D eigenvalue weighted by Gasteiger charge is 2.72. The van der Waals surface area contributed by atoms with Gasteiger partial charge in [0.25, 0.3) is 0 Å². The third-order valence-electron chi connectivity index (χ3n) is 8.76. The van der Waals surface area contributed by atoms with Gasteiger partial charge in [-0.15, -0.1) is 0 Å². The van der Waals surface area contributed by atoms with E-state index < -0.39 is 0 Å². The van der Waals surface area contributed by atoms with E-state index in [0.717, 1.165) is 71.4 Å². The molecule has 0 unspecified atom stereocenters. The van der Waals surface area contributed by atoms with Gasteiger partial charge in [-0.2, -0.15) is 0 Å². The summed E-state index contributed by atoms with van der Waals surface area (Å²) in [5, 5.41) is 0. The normalized spacial score (nSPS) is 42.2. The van der Waals surface area contributed by atoms with Crippen LogP contribution >= 0.6 is 0 Å². The number of nitrogens with zero attached hydrogens (tertiary/aromatic N) is 1. The third kappa shape index (κ3) is 3.99. The lowest BCUT2D eigenvalue weighted by atomic mass is 9.68. The lowest BCUT2D eigenvalue weighted by molar-refractivity contribution is -0.122. The van der Waals surface area contributed by atoms with Crippen molar-refractivity contribution >= 4 is 6.09 Å². The van der Waals surface area contributed by atoms with Gasteiger partial charge in [0.2, 0.25) is 0 Å². The maximum Gasteiger partial charge on any atom is 0.410 e. The molecule has 1 saturated carbocycles. The van der Waals surface area contributed by atoms with Gasteiger partial charge in [-0.25, -0.2) is 4.79 Å². The molecule has 180 valence electrons. The van der Waals surface area contributed by atoms with Gasteiger partial charge in [0.15, 0.2) is 0 Å². The number of rotatable bonds is 5. The van der Waals surface area contributed by atoms with Gasteiger partial charge >= 0.3 is 6.09 Å². The first-order valence-electron chi connectivity index (χ1n) is 12.3. The molecule has 6 atom stereocenters. The van der Waals surface area contributed by atoms with Crippen LogP contribution in [0.3, 0.4) is 0 Å². The molecule has 0 aromatic rings. The zero-order chi connectivity index (χ0) is 22.6. The van der Waals surface area contributed by atoms with Gasteiger partial charge in [-0.1, -0.05) is 11.6 Å². The molecule has 1 amide bonds. The van der Waals surface area contributed by atoms with Crippen LogP contribution in [0.25, 0.3) is 0 Å². The molecule has 0 aromatic carbocycles. The van der Waals surface area contributed by atoms with Crippen LogP contribution in [0.1, 0.15) is 59.3 Å². The first-order chi connectivity index (χ1) is 15.3. The number of hydrogen-bond donors (Lipinski definition) is 0. The van der Waals surface area contributed by atoms with E-state index in [1.807, 2.05) is 4.90 Å². The first kappa shape index (κ1) is 22.6. The van der Waals surface area contributed by atoms with Crippen molar-refractivity contribution in [2.75, 3.05) is 40.0 Å². The monoisotopic (exact) mass is 449 g/mol. The minimum absolute atomic E-state index is 0.0578. The maximum absolute atomic E-state index is 13.1. The van der Waals surface area contributed by atoms with Crippen LogP contribution in [0, 0.1) is 11.3 Å². The van der Waals surface area contributed by atoms with Gasteiger partial charge in [0, 0.05) is 26.8 Å². The Labute approximate surface area is 191 Å². The summed E-state index contributed by atoms with van der Waals surface area (Å²) in [6, 6.07) is 0. The molecular weight excluding hydrogens is 410 g/mol. The zero-order valence-electron chi connectivity index (χ0n) is 20.1. The molecule has 0 radical (unpaired) electrons. The predicted molar refractivity (Wildman–Crippen MR) is 118 cm³/mol. The molecule has 4 aliphatic heterocycles. The van der Waals surface area contributed by atoms with Crippen molar-refractivity contribution in [3.8, 4) is 0 Å². The summed E-state index contributed by atoms with van der Waals surface area (Å²) in [7, 11) is 1.72. The Kier molecular flexibility index (Phi) is 5.84. The number of carbonyl (C=O) groups is 1. The SMILES string of the molecule is CO[C@@H]1[C@H](OC(=O)N2CCC3(CCOC3)CC2)CC[C@]2(CO2)[C@H]1[C@@]1(C)O[C@@H]1CC=C(C)C. The van der Waals surface area contributed by atoms with E-state index in [-0.39, 0.29) is 46.9 Å². The Hall–Kier alpha value is -1.15. The number of hydrogen-bond acceptors (Lipinski definition) is 6. The van der Waals surface area contributed by atoms with Crippen molar-refractivity contribution in [3.63, 3.8) is 0 Å². The molecule has 0 bridgehead atoms. The van der Waals surface area contributed by atoms with E-state index in [0.29, 0.717) is 0 Å². The molecule has 7 heteroatoms. The smallest absolute Gasteiger partial charge is 0.410 e. The molecule has 4 saturated heterocycles. The standard InChI is InChI=1S/C25H39NO6/c1-17(2)5-6-19-23(3,32-19)21-20(28-4)18(7-8-25(21)16-30-25)31-22(27)26-12-9-24(10-13-26)11-14-29-15-24/h5,18-21H,6-16H2,1-4H3/t18-,19-,20-,21-,23+,25+/m1/s1. The lowest BCUT2D eigenvalue weighted by Gasteiger charge is -2.44. The van der Waals surface area contributed by atoms with E-state index >= 15 is 0 Å². The summed E-state index contributed by atoms with van der Waals surface area (Å²) < 4.78 is 30.0. The number of likely N-dealkylation sites (tertiary alicyclic amines) is 1. The molecule has 0 aromatic heterocycles. The van der Waals surface area contributed by atoms with Gasteiger partial charge in [0.05, 0.1) is 25.2 Å². The van der Waals surface area contributed by atoms with Crippen LogP contribution in [0.4, 0.5) is 4.79 Å². The number of carbonyl (C=O) groups excluding carboxylic acids is 1. The van der Waals surface area contributed by atoms with Crippen LogP contribution in [0.5, 0.6) is 0 Å². The van der Waals surface area contributed by atoms with E-state index in [9.17, 15) is 4.79 Å². The minimum Gasteiger partial charge on any atom is -0.443 e. The summed E-state index contributed by atoms with van der Waals surface area (Å²) in [6.07, 6.45) is 7.33. The molecule has 1 aliphatic carbocycles. The van der Waals surface area contributed by atoms with Crippen molar-refractivity contribution in [1.82, 2.24) is 4.90 Å². The zero-order valence-corrected chi connectivity index (χ0v) is 20.1. The number of ether oxygens (including phenoxy) is 5. The molecule has 2 spiro atoms. The van der Waals surface area contributed by atoms with E-state index in [1.54, 1.807) is 7.11 Å². The third-order valence-corrected chi connectivity index (χ3v) is 8.76. The minimum atomic E-state index is -0.311. The highest BCUT2D eigenvalue weighted by Crippen LogP contribution is 2.59. The molecule has 0 N–H and O–H groups in total. The van der Waals surface area contributed by atoms with E-state index in [2.05, 4.69) is 26.8 Å². The Bertz CT molecular complexity index is 744. The topological polar surface area (TPSA) is 73.1 Å². The molecular formula is C25H39NO6. The molecule has 5 rings (SSSR count). The molecule has 5 aliphatic rings. The van der Waals surface area contributed by atoms with Crippen molar-refractivity contribution in [3.05, 3.63) is 11.6 Å². The van der Waals surface area contributed by atoms with Crippen molar-refractivity contribution in [2.24, 2.45) is 11.3 Å². The van der Waals surface area contributed by atoms with Crippen LogP contribution in [0.15, 0.2) is 11.6 Å². The Morgan fingerprint density at radius 3 is 2.50 bits per heavy atom. The summed E-state index contributed by atoms with van der Waals surface area (Å²) >= 11 is 0.